The third kappa shape index (κ3) is 5.03. The summed E-state index contributed by atoms with van der Waals surface area (Å²) in [7, 11) is 0. The molecule has 0 aliphatic carbocycles. The lowest BCUT2D eigenvalue weighted by molar-refractivity contribution is -0.138. The van der Waals surface area contributed by atoms with Gasteiger partial charge < -0.3 is 15.3 Å². The molecule has 0 unspecified atom stereocenters. The summed E-state index contributed by atoms with van der Waals surface area (Å²) in [5, 5.41) is 11.7. The average molecular weight is 292 g/mol. The molecule has 1 fully saturated rings. The molecule has 1 aromatic heterocycles. The van der Waals surface area contributed by atoms with Crippen molar-refractivity contribution in [2.45, 2.75) is 13.0 Å². The highest BCUT2D eigenvalue weighted by molar-refractivity contribution is 5.74. The van der Waals surface area contributed by atoms with Gasteiger partial charge in [-0.3, -0.25) is 14.7 Å². The summed E-state index contributed by atoms with van der Waals surface area (Å²) in [5.74, 6) is -0.828. The minimum atomic E-state index is -0.828. The van der Waals surface area contributed by atoms with E-state index in [4.69, 9.17) is 5.11 Å². The van der Waals surface area contributed by atoms with E-state index in [1.165, 1.54) is 0 Å². The number of hydrogen-bond acceptors (Lipinski definition) is 4. The van der Waals surface area contributed by atoms with E-state index >= 15 is 0 Å². The highest BCUT2D eigenvalue weighted by Crippen LogP contribution is 2.04. The van der Waals surface area contributed by atoms with Crippen LogP contribution in [0.5, 0.6) is 0 Å². The zero-order chi connectivity index (χ0) is 15.1. The fraction of sp³-hybridized carbons (Fsp3) is 0.500. The number of aromatic nitrogens is 1. The van der Waals surface area contributed by atoms with Crippen molar-refractivity contribution in [2.75, 3.05) is 32.7 Å². The van der Waals surface area contributed by atoms with Gasteiger partial charge >= 0.3 is 12.0 Å². The van der Waals surface area contributed by atoms with E-state index in [2.05, 4.69) is 10.3 Å². The molecular formula is C14H20N4O3. The molecule has 114 valence electrons. The number of rotatable bonds is 4. The number of carboxylic acids is 1. The maximum absolute atomic E-state index is 12.1. The van der Waals surface area contributed by atoms with Gasteiger partial charge in [-0.15, -0.1) is 0 Å². The first-order chi connectivity index (χ1) is 10.1. The number of pyridine rings is 1. The molecule has 2 N–H and O–H groups in total. The molecule has 0 spiro atoms. The Bertz CT molecular complexity index is 480. The third-order valence-electron chi connectivity index (χ3n) is 3.43. The van der Waals surface area contributed by atoms with Crippen LogP contribution >= 0.6 is 0 Å². The predicted octanol–water partition coefficient (Wildman–Crippen LogP) is 0.384. The zero-order valence-electron chi connectivity index (χ0n) is 11.9. The Kier molecular flexibility index (Phi) is 5.51. The van der Waals surface area contributed by atoms with Gasteiger partial charge in [0.2, 0.25) is 0 Å². The molecule has 1 saturated heterocycles. The van der Waals surface area contributed by atoms with Crippen LogP contribution in [0.3, 0.4) is 0 Å². The Morgan fingerprint density at radius 2 is 1.95 bits per heavy atom. The molecule has 21 heavy (non-hydrogen) atoms. The second kappa shape index (κ2) is 7.58. The van der Waals surface area contributed by atoms with Crippen LogP contribution in [0.1, 0.15) is 12.0 Å². The summed E-state index contributed by atoms with van der Waals surface area (Å²) < 4.78 is 0. The number of hydrogen-bond donors (Lipinski definition) is 2. The molecule has 7 heteroatoms. The van der Waals surface area contributed by atoms with Crippen LogP contribution < -0.4 is 5.32 Å². The van der Waals surface area contributed by atoms with Crippen molar-refractivity contribution >= 4 is 12.0 Å². The van der Waals surface area contributed by atoms with Crippen molar-refractivity contribution < 1.29 is 14.7 Å². The van der Waals surface area contributed by atoms with Gasteiger partial charge in [0.25, 0.3) is 0 Å². The van der Waals surface area contributed by atoms with Crippen LogP contribution in [0.2, 0.25) is 0 Å². The standard InChI is InChI=1S/C14H20N4O3/c19-13(20)11-17-6-1-7-18(9-8-17)14(21)16-10-12-2-4-15-5-3-12/h2-5H,1,6-11H2,(H,16,21)(H,19,20). The van der Waals surface area contributed by atoms with Crippen LogP contribution in [0, 0.1) is 0 Å². The number of amides is 2. The summed E-state index contributed by atoms with van der Waals surface area (Å²) >= 11 is 0. The minimum absolute atomic E-state index is 0.0342. The second-order valence-electron chi connectivity index (χ2n) is 5.02. The van der Waals surface area contributed by atoms with E-state index in [1.807, 2.05) is 17.0 Å². The molecule has 0 atom stereocenters. The lowest BCUT2D eigenvalue weighted by atomic mass is 10.3. The minimum Gasteiger partial charge on any atom is -0.480 e. The van der Waals surface area contributed by atoms with Gasteiger partial charge in [-0.2, -0.15) is 0 Å². The average Bonchev–Trinajstić information content (AvgIpc) is 2.71. The first kappa shape index (κ1) is 15.2. The maximum Gasteiger partial charge on any atom is 0.317 e. The molecule has 0 saturated carbocycles. The van der Waals surface area contributed by atoms with Gasteiger partial charge in [0, 0.05) is 45.1 Å². The van der Waals surface area contributed by atoms with E-state index in [0.717, 1.165) is 12.0 Å². The molecule has 7 nitrogen and oxygen atoms in total. The Labute approximate surface area is 123 Å². The number of aliphatic carboxylic acids is 1. The van der Waals surface area contributed by atoms with Crippen molar-refractivity contribution in [3.05, 3.63) is 30.1 Å². The first-order valence-corrected chi connectivity index (χ1v) is 7.01. The Morgan fingerprint density at radius 3 is 2.67 bits per heavy atom. The zero-order valence-corrected chi connectivity index (χ0v) is 11.9. The van der Waals surface area contributed by atoms with Crippen LogP contribution in [-0.2, 0) is 11.3 Å². The Hall–Kier alpha value is -2.15. The number of carbonyl (C=O) groups excluding carboxylic acids is 1. The topological polar surface area (TPSA) is 85.8 Å². The van der Waals surface area contributed by atoms with Gasteiger partial charge in [0.15, 0.2) is 0 Å². The highest BCUT2D eigenvalue weighted by atomic mass is 16.4. The quantitative estimate of drug-likeness (QED) is 0.838. The van der Waals surface area contributed by atoms with Crippen LogP contribution in [0.25, 0.3) is 0 Å². The summed E-state index contributed by atoms with van der Waals surface area (Å²) in [6.45, 7) is 3.01. The van der Waals surface area contributed by atoms with Gasteiger partial charge in [-0.1, -0.05) is 0 Å². The number of nitrogens with one attached hydrogen (secondary N) is 1. The Morgan fingerprint density at radius 1 is 1.19 bits per heavy atom. The highest BCUT2D eigenvalue weighted by Gasteiger charge is 2.19. The SMILES string of the molecule is O=C(O)CN1CCCN(C(=O)NCc2ccncc2)CC1. The van der Waals surface area contributed by atoms with Crippen LogP contribution in [0.15, 0.2) is 24.5 Å². The van der Waals surface area contributed by atoms with E-state index < -0.39 is 5.97 Å². The van der Waals surface area contributed by atoms with Gasteiger partial charge in [0.05, 0.1) is 6.54 Å². The molecular weight excluding hydrogens is 272 g/mol. The molecule has 2 rings (SSSR count). The summed E-state index contributed by atoms with van der Waals surface area (Å²) in [5.41, 5.74) is 1.00. The third-order valence-corrected chi connectivity index (χ3v) is 3.43. The van der Waals surface area contributed by atoms with Crippen molar-refractivity contribution in [2.24, 2.45) is 0 Å². The fourth-order valence-corrected chi connectivity index (χ4v) is 2.31. The second-order valence-corrected chi connectivity index (χ2v) is 5.02. The largest absolute Gasteiger partial charge is 0.480 e. The molecule has 1 aliphatic rings. The van der Waals surface area contributed by atoms with E-state index in [1.54, 1.807) is 17.3 Å². The summed E-state index contributed by atoms with van der Waals surface area (Å²) in [4.78, 5) is 30.4. The lowest BCUT2D eigenvalue weighted by Crippen LogP contribution is -2.42. The summed E-state index contributed by atoms with van der Waals surface area (Å²) in [6.07, 6.45) is 4.17. The molecule has 2 amide bonds. The smallest absolute Gasteiger partial charge is 0.317 e. The number of urea groups is 1. The summed E-state index contributed by atoms with van der Waals surface area (Å²) in [6, 6.07) is 3.61. The normalized spacial score (nSPS) is 16.3. The van der Waals surface area contributed by atoms with Crippen LogP contribution in [-0.4, -0.2) is 64.6 Å². The fourth-order valence-electron chi connectivity index (χ4n) is 2.31. The van der Waals surface area contributed by atoms with Crippen LogP contribution in [0.4, 0.5) is 4.79 Å². The predicted molar refractivity (Wildman–Crippen MR) is 76.7 cm³/mol. The number of nitrogens with zero attached hydrogens (tertiary/aromatic N) is 3. The van der Waals surface area contributed by atoms with Gasteiger partial charge in [0.1, 0.15) is 0 Å². The molecule has 1 aliphatic heterocycles. The lowest BCUT2D eigenvalue weighted by Gasteiger charge is -2.21. The number of carboxylic acid groups (broad SMARTS) is 1. The molecule has 0 radical (unpaired) electrons. The van der Waals surface area contributed by atoms with Gasteiger partial charge in [-0.05, 0) is 24.1 Å². The Balaban J connectivity index is 1.79. The molecule has 2 heterocycles. The van der Waals surface area contributed by atoms with Crippen molar-refractivity contribution in [1.82, 2.24) is 20.1 Å². The molecule has 0 bridgehead atoms. The first-order valence-electron chi connectivity index (χ1n) is 7.01. The van der Waals surface area contributed by atoms with E-state index in [9.17, 15) is 9.59 Å². The van der Waals surface area contributed by atoms with Crippen molar-refractivity contribution in [3.63, 3.8) is 0 Å². The van der Waals surface area contributed by atoms with Crippen molar-refractivity contribution in [3.8, 4) is 0 Å². The number of carbonyl (C=O) groups is 2. The monoisotopic (exact) mass is 292 g/mol. The maximum atomic E-state index is 12.1. The van der Waals surface area contributed by atoms with E-state index in [0.29, 0.717) is 32.7 Å². The van der Waals surface area contributed by atoms with E-state index in [-0.39, 0.29) is 12.6 Å². The van der Waals surface area contributed by atoms with Crippen molar-refractivity contribution in [1.29, 1.82) is 0 Å². The molecule has 0 aromatic carbocycles. The van der Waals surface area contributed by atoms with Gasteiger partial charge in [-0.25, -0.2) is 4.79 Å². The molecule has 1 aromatic rings.